The molecular formula is C21H25N3O7S. The van der Waals surface area contributed by atoms with Gasteiger partial charge in [0.05, 0.1) is 32.4 Å². The third kappa shape index (κ3) is 6.71. The topological polar surface area (TPSA) is 124 Å². The number of anilines is 1. The number of carbonyl (C=O) groups is 2. The summed E-state index contributed by atoms with van der Waals surface area (Å²) < 4.78 is 40.0. The summed E-state index contributed by atoms with van der Waals surface area (Å²) in [5.41, 5.74) is 5.14. The first-order valence-electron chi connectivity index (χ1n) is 9.36. The molecule has 0 saturated carbocycles. The van der Waals surface area contributed by atoms with Crippen LogP contribution >= 0.6 is 0 Å². The van der Waals surface area contributed by atoms with Crippen molar-refractivity contribution in [3.8, 4) is 11.5 Å². The highest BCUT2D eigenvalue weighted by Crippen LogP contribution is 2.28. The van der Waals surface area contributed by atoms with E-state index in [4.69, 9.17) is 9.47 Å². The summed E-state index contributed by atoms with van der Waals surface area (Å²) in [6.45, 7) is 3.34. The van der Waals surface area contributed by atoms with Crippen molar-refractivity contribution in [2.45, 2.75) is 13.8 Å². The Morgan fingerprint density at radius 1 is 1.06 bits per heavy atom. The summed E-state index contributed by atoms with van der Waals surface area (Å²) in [7, 11) is -1.11. The number of carbonyl (C=O) groups excluding carboxylic acids is 2. The van der Waals surface area contributed by atoms with Crippen molar-refractivity contribution < 1.29 is 32.2 Å². The lowest BCUT2D eigenvalue weighted by Crippen LogP contribution is -2.39. The van der Waals surface area contributed by atoms with Crippen LogP contribution in [0.2, 0.25) is 0 Å². The summed E-state index contributed by atoms with van der Waals surface area (Å²) in [5, 5.41) is 3.85. The number of nitrogens with zero attached hydrogens (tertiary/aromatic N) is 2. The van der Waals surface area contributed by atoms with E-state index >= 15 is 0 Å². The number of methoxy groups -OCH3 is 2. The lowest BCUT2D eigenvalue weighted by atomic mass is 10.1. The number of ether oxygens (including phenoxy) is 3. The number of aryl methyl sites for hydroxylation is 2. The fourth-order valence-corrected chi connectivity index (χ4v) is 3.45. The maximum Gasteiger partial charge on any atom is 0.513 e. The van der Waals surface area contributed by atoms with Crippen LogP contribution in [0.25, 0.3) is 0 Å². The number of hydrogen-bond acceptors (Lipinski definition) is 8. The molecule has 0 saturated heterocycles. The zero-order chi connectivity index (χ0) is 23.9. The molecule has 0 aromatic heterocycles. The molecule has 1 N–H and O–H groups in total. The monoisotopic (exact) mass is 463 g/mol. The summed E-state index contributed by atoms with van der Waals surface area (Å²) in [5.74, 6) is -0.219. The molecule has 0 atom stereocenters. The van der Waals surface area contributed by atoms with Gasteiger partial charge in [-0.25, -0.2) is 18.6 Å². The minimum atomic E-state index is -3.69. The molecule has 0 radical (unpaired) electrons. The van der Waals surface area contributed by atoms with Gasteiger partial charge in [-0.15, -0.1) is 0 Å². The number of nitrogens with one attached hydrogen (secondary N) is 1. The van der Waals surface area contributed by atoms with E-state index in [9.17, 15) is 18.0 Å². The molecule has 0 spiro atoms. The molecule has 0 aliphatic heterocycles. The first-order chi connectivity index (χ1) is 15.0. The molecule has 0 heterocycles. The second-order valence-corrected chi connectivity index (χ2v) is 8.70. The van der Waals surface area contributed by atoms with E-state index < -0.39 is 28.6 Å². The van der Waals surface area contributed by atoms with Crippen LogP contribution in [0.1, 0.15) is 16.7 Å². The van der Waals surface area contributed by atoms with Crippen molar-refractivity contribution in [3.05, 3.63) is 53.1 Å². The Kier molecular flexibility index (Phi) is 8.19. The second-order valence-electron chi connectivity index (χ2n) is 6.80. The largest absolute Gasteiger partial charge is 0.513 e. The first-order valence-corrected chi connectivity index (χ1v) is 11.2. The molecule has 10 nitrogen and oxygen atoms in total. The summed E-state index contributed by atoms with van der Waals surface area (Å²) >= 11 is 0. The minimum absolute atomic E-state index is 0.151. The van der Waals surface area contributed by atoms with Crippen molar-refractivity contribution in [1.82, 2.24) is 5.43 Å². The van der Waals surface area contributed by atoms with E-state index in [2.05, 4.69) is 15.3 Å². The van der Waals surface area contributed by atoms with Gasteiger partial charge in [-0.05, 0) is 60.9 Å². The number of hydrazone groups is 1. The number of hydrogen-bond donors (Lipinski definition) is 1. The van der Waals surface area contributed by atoms with Gasteiger partial charge in [-0.1, -0.05) is 6.07 Å². The van der Waals surface area contributed by atoms with Crippen LogP contribution in [0.4, 0.5) is 10.5 Å². The molecule has 0 aliphatic carbocycles. The van der Waals surface area contributed by atoms with Crippen molar-refractivity contribution in [1.29, 1.82) is 0 Å². The maximum absolute atomic E-state index is 12.3. The minimum Gasteiger partial charge on any atom is -0.493 e. The number of amides is 1. The molecule has 0 aliphatic rings. The molecule has 2 rings (SSSR count). The maximum atomic E-state index is 12.3. The molecule has 0 bridgehead atoms. The van der Waals surface area contributed by atoms with Crippen LogP contribution in [-0.4, -0.2) is 53.7 Å². The highest BCUT2D eigenvalue weighted by molar-refractivity contribution is 7.92. The predicted octanol–water partition coefficient (Wildman–Crippen LogP) is 2.37. The highest BCUT2D eigenvalue weighted by Gasteiger charge is 2.21. The zero-order valence-corrected chi connectivity index (χ0v) is 19.2. The van der Waals surface area contributed by atoms with Gasteiger partial charge < -0.3 is 14.2 Å². The van der Waals surface area contributed by atoms with Crippen LogP contribution < -0.4 is 19.2 Å². The Hall–Kier alpha value is -3.60. The van der Waals surface area contributed by atoms with Gasteiger partial charge in [-0.3, -0.25) is 9.10 Å². The summed E-state index contributed by atoms with van der Waals surface area (Å²) in [6.07, 6.45) is 1.47. The Balaban J connectivity index is 2.10. The predicted molar refractivity (Wildman–Crippen MR) is 120 cm³/mol. The molecule has 32 heavy (non-hydrogen) atoms. The van der Waals surface area contributed by atoms with Crippen LogP contribution in [0, 0.1) is 13.8 Å². The van der Waals surface area contributed by atoms with E-state index in [0.29, 0.717) is 11.3 Å². The SMILES string of the molecule is COC(=O)Oc1ccc(/C=N\NC(=O)CN(c2ccc(C)c(C)c2)S(C)(=O)=O)cc1OC. The van der Waals surface area contributed by atoms with Gasteiger partial charge >= 0.3 is 6.16 Å². The van der Waals surface area contributed by atoms with E-state index in [1.807, 2.05) is 13.8 Å². The van der Waals surface area contributed by atoms with E-state index in [1.54, 1.807) is 24.3 Å². The number of sulfonamides is 1. The van der Waals surface area contributed by atoms with E-state index in [1.165, 1.54) is 32.6 Å². The summed E-state index contributed by atoms with van der Waals surface area (Å²) in [4.78, 5) is 23.6. The molecule has 2 aromatic carbocycles. The van der Waals surface area contributed by atoms with E-state index in [-0.39, 0.29) is 11.5 Å². The molecule has 2 aromatic rings. The molecular weight excluding hydrogens is 438 g/mol. The van der Waals surface area contributed by atoms with Gasteiger partial charge in [0.2, 0.25) is 10.0 Å². The normalized spacial score (nSPS) is 11.2. The number of rotatable bonds is 8. The standard InChI is InChI=1S/C21H25N3O7S/c1-14-6-8-17(10-15(14)2)24(32(5,27)28)13-20(25)23-22-12-16-7-9-18(19(11-16)29-3)31-21(26)30-4/h6-12H,13H2,1-5H3,(H,23,25)/b22-12-. The van der Waals surface area contributed by atoms with Crippen molar-refractivity contribution in [2.75, 3.05) is 31.3 Å². The average Bonchev–Trinajstić information content (AvgIpc) is 2.74. The van der Waals surface area contributed by atoms with Crippen LogP contribution in [-0.2, 0) is 19.6 Å². The Bertz CT molecular complexity index is 1130. The smallest absolute Gasteiger partial charge is 0.493 e. The Labute approximate surface area is 186 Å². The van der Waals surface area contributed by atoms with E-state index in [0.717, 1.165) is 21.7 Å². The molecule has 172 valence electrons. The van der Waals surface area contributed by atoms with Crippen LogP contribution in [0.3, 0.4) is 0 Å². The van der Waals surface area contributed by atoms with Crippen LogP contribution in [0.15, 0.2) is 41.5 Å². The van der Waals surface area contributed by atoms with Gasteiger partial charge in [0.15, 0.2) is 11.5 Å². The van der Waals surface area contributed by atoms with Crippen molar-refractivity contribution >= 4 is 34.0 Å². The van der Waals surface area contributed by atoms with Crippen molar-refractivity contribution in [3.63, 3.8) is 0 Å². The van der Waals surface area contributed by atoms with Crippen LogP contribution in [0.5, 0.6) is 11.5 Å². The quantitative estimate of drug-likeness (QED) is 0.276. The lowest BCUT2D eigenvalue weighted by molar-refractivity contribution is -0.119. The first kappa shape index (κ1) is 24.7. The molecule has 11 heteroatoms. The molecule has 0 fully saturated rings. The highest BCUT2D eigenvalue weighted by atomic mass is 32.2. The fraction of sp³-hybridized carbons (Fsp3) is 0.286. The van der Waals surface area contributed by atoms with Gasteiger partial charge in [0, 0.05) is 0 Å². The third-order valence-electron chi connectivity index (χ3n) is 4.42. The lowest BCUT2D eigenvalue weighted by Gasteiger charge is -2.22. The van der Waals surface area contributed by atoms with Gasteiger partial charge in [0.1, 0.15) is 6.54 Å². The Morgan fingerprint density at radius 2 is 1.78 bits per heavy atom. The molecule has 0 unspecified atom stereocenters. The zero-order valence-electron chi connectivity index (χ0n) is 18.4. The second kappa shape index (κ2) is 10.6. The third-order valence-corrected chi connectivity index (χ3v) is 5.56. The molecule has 1 amide bonds. The fourth-order valence-electron chi connectivity index (χ4n) is 2.61. The Morgan fingerprint density at radius 3 is 2.38 bits per heavy atom. The average molecular weight is 464 g/mol. The summed E-state index contributed by atoms with van der Waals surface area (Å²) in [6, 6.07) is 9.73. The van der Waals surface area contributed by atoms with Gasteiger partial charge in [-0.2, -0.15) is 5.10 Å². The van der Waals surface area contributed by atoms with Crippen molar-refractivity contribution in [2.24, 2.45) is 5.10 Å². The van der Waals surface area contributed by atoms with Gasteiger partial charge in [0.25, 0.3) is 5.91 Å². The number of benzene rings is 2.